The molecule has 20 heteroatoms. The van der Waals surface area contributed by atoms with Crippen LogP contribution < -0.4 is 15.6 Å². The maximum absolute atomic E-state index is 11.9. The van der Waals surface area contributed by atoms with Gasteiger partial charge in [0.2, 0.25) is 5.91 Å². The topological polar surface area (TPSA) is 263 Å². The van der Waals surface area contributed by atoms with Crippen molar-refractivity contribution in [1.29, 1.82) is 10.5 Å². The zero-order valence-corrected chi connectivity index (χ0v) is 34.4. The average Bonchev–Trinajstić information content (AvgIpc) is 3.53. The second kappa shape index (κ2) is 17.3. The molecule has 0 aliphatic heterocycles. The van der Waals surface area contributed by atoms with E-state index < -0.39 is 25.1 Å². The summed E-state index contributed by atoms with van der Waals surface area (Å²) in [5, 5.41) is 45.9. The van der Waals surface area contributed by atoms with E-state index in [1.807, 2.05) is 32.0 Å². The molecule has 17 nitrogen and oxygen atoms in total. The van der Waals surface area contributed by atoms with Crippen molar-refractivity contribution in [2.45, 2.75) is 37.5 Å². The first kappa shape index (κ1) is 42.4. The predicted octanol–water partition coefficient (Wildman–Crippen LogP) is 9.93. The first-order valence-corrected chi connectivity index (χ1v) is 21.1. The minimum atomic E-state index is -4.57. The molecular weight excluding hydrogens is 829 g/mol. The SMILES string of the molecule is CC(=O)Nc1ccc(-c2c(N=Nc3cc(C)cc(C)c3)sc(N=NN(c3ccc(S(=O)(=O)O)cc3)c3cc(C)c(C#N)c(Nc4ccc(S(=O)(=O)O)cc4)n3)c2C#N)cc1. The summed E-state index contributed by atoms with van der Waals surface area (Å²) in [6.45, 7) is 6.88. The summed E-state index contributed by atoms with van der Waals surface area (Å²) >= 11 is 1.01. The van der Waals surface area contributed by atoms with Crippen molar-refractivity contribution < 1.29 is 30.7 Å². The molecule has 2 aromatic heterocycles. The number of anilines is 5. The van der Waals surface area contributed by atoms with Crippen LogP contribution in [0.4, 0.5) is 44.4 Å². The molecule has 6 aromatic rings. The smallest absolute Gasteiger partial charge is 0.294 e. The molecule has 60 heavy (non-hydrogen) atoms. The van der Waals surface area contributed by atoms with E-state index in [2.05, 4.69) is 48.3 Å². The first-order chi connectivity index (χ1) is 28.4. The van der Waals surface area contributed by atoms with Crippen LogP contribution >= 0.6 is 11.3 Å². The molecule has 0 saturated heterocycles. The summed E-state index contributed by atoms with van der Waals surface area (Å²) in [7, 11) is -9.05. The molecule has 4 N–H and O–H groups in total. The van der Waals surface area contributed by atoms with Crippen molar-refractivity contribution in [3.63, 3.8) is 0 Å². The van der Waals surface area contributed by atoms with E-state index in [0.29, 0.717) is 38.8 Å². The average molecular weight is 861 g/mol. The van der Waals surface area contributed by atoms with Gasteiger partial charge in [0, 0.05) is 23.9 Å². The van der Waals surface area contributed by atoms with Crippen LogP contribution in [-0.4, -0.2) is 36.8 Å². The van der Waals surface area contributed by atoms with Crippen LogP contribution in [-0.2, 0) is 25.0 Å². The minimum Gasteiger partial charge on any atom is -0.339 e. The number of azo groups is 1. The van der Waals surface area contributed by atoms with Gasteiger partial charge in [0.25, 0.3) is 20.2 Å². The van der Waals surface area contributed by atoms with E-state index in [9.17, 15) is 41.3 Å². The lowest BCUT2D eigenvalue weighted by Gasteiger charge is -2.19. The Balaban J connectivity index is 1.50. The van der Waals surface area contributed by atoms with E-state index in [0.717, 1.165) is 46.7 Å². The fraction of sp³-hybridized carbons (Fsp3) is 0.100. The highest BCUT2D eigenvalue weighted by Gasteiger charge is 2.23. The Bertz CT molecular complexity index is 2990. The number of carbonyl (C=O) groups excluding carboxylic acids is 1. The normalized spacial score (nSPS) is 11.7. The molecule has 0 bridgehead atoms. The van der Waals surface area contributed by atoms with E-state index >= 15 is 0 Å². The lowest BCUT2D eigenvalue weighted by molar-refractivity contribution is -0.114. The third-order valence-electron chi connectivity index (χ3n) is 8.49. The van der Waals surface area contributed by atoms with Crippen molar-refractivity contribution in [1.82, 2.24) is 4.98 Å². The third kappa shape index (κ3) is 9.90. The number of benzene rings is 4. The quantitative estimate of drug-likeness (QED) is 0.0509. The van der Waals surface area contributed by atoms with Gasteiger partial charge in [-0.15, -0.1) is 15.3 Å². The van der Waals surface area contributed by atoms with Crippen LogP contribution in [0, 0.1) is 43.4 Å². The lowest BCUT2D eigenvalue weighted by atomic mass is 10.0. The van der Waals surface area contributed by atoms with Gasteiger partial charge < -0.3 is 10.6 Å². The highest BCUT2D eigenvalue weighted by Crippen LogP contribution is 2.48. The number of carbonyl (C=O) groups is 1. The van der Waals surface area contributed by atoms with Gasteiger partial charge in [-0.1, -0.05) is 34.8 Å². The molecule has 0 unspecified atom stereocenters. The fourth-order valence-electron chi connectivity index (χ4n) is 5.87. The van der Waals surface area contributed by atoms with Crippen molar-refractivity contribution in [2.24, 2.45) is 20.6 Å². The van der Waals surface area contributed by atoms with Crippen LogP contribution in [0.3, 0.4) is 0 Å². The molecule has 2 heterocycles. The van der Waals surface area contributed by atoms with Crippen LogP contribution in [0.5, 0.6) is 0 Å². The maximum atomic E-state index is 11.9. The molecule has 0 radical (unpaired) electrons. The molecule has 0 spiro atoms. The van der Waals surface area contributed by atoms with E-state index in [-0.39, 0.29) is 44.3 Å². The van der Waals surface area contributed by atoms with Gasteiger partial charge in [-0.25, -0.2) is 4.98 Å². The van der Waals surface area contributed by atoms with E-state index in [1.165, 1.54) is 42.3 Å². The van der Waals surface area contributed by atoms with Crippen LogP contribution in [0.15, 0.2) is 127 Å². The summed E-state index contributed by atoms with van der Waals surface area (Å²) in [6, 6.07) is 28.3. The van der Waals surface area contributed by atoms with Crippen LogP contribution in [0.1, 0.15) is 34.7 Å². The largest absolute Gasteiger partial charge is 0.339 e. The Morgan fingerprint density at radius 1 is 0.733 bits per heavy atom. The molecule has 0 aliphatic carbocycles. The molecule has 302 valence electrons. The van der Waals surface area contributed by atoms with Crippen molar-refractivity contribution >= 4 is 81.9 Å². The van der Waals surface area contributed by atoms with Crippen molar-refractivity contribution in [3.8, 4) is 23.3 Å². The number of rotatable bonds is 12. The Kier molecular flexibility index (Phi) is 12.3. The Morgan fingerprint density at radius 2 is 1.30 bits per heavy atom. The number of pyridine rings is 1. The van der Waals surface area contributed by atoms with Gasteiger partial charge in [-0.2, -0.15) is 32.4 Å². The lowest BCUT2D eigenvalue weighted by Crippen LogP contribution is -2.12. The molecule has 1 amide bonds. The molecule has 0 aliphatic rings. The van der Waals surface area contributed by atoms with Gasteiger partial charge in [0.05, 0.1) is 26.7 Å². The Hall–Kier alpha value is -7.20. The predicted molar refractivity (Wildman–Crippen MR) is 225 cm³/mol. The van der Waals surface area contributed by atoms with Crippen molar-refractivity contribution in [2.75, 3.05) is 15.6 Å². The fourth-order valence-corrected chi connectivity index (χ4v) is 7.75. The van der Waals surface area contributed by atoms with Crippen LogP contribution in [0.2, 0.25) is 0 Å². The second-order valence-electron chi connectivity index (χ2n) is 13.1. The molecule has 0 atom stereocenters. The molecular formula is C40H32N10O7S3. The third-order valence-corrected chi connectivity index (χ3v) is 11.2. The molecule has 0 fully saturated rings. The van der Waals surface area contributed by atoms with Gasteiger partial charge in [-0.05, 0) is 122 Å². The number of nitrogens with one attached hydrogen (secondary N) is 2. The zero-order valence-electron chi connectivity index (χ0n) is 32.0. The Morgan fingerprint density at radius 3 is 1.85 bits per heavy atom. The van der Waals surface area contributed by atoms with Gasteiger partial charge in [-0.3, -0.25) is 13.9 Å². The zero-order chi connectivity index (χ0) is 43.4. The van der Waals surface area contributed by atoms with Gasteiger partial charge >= 0.3 is 0 Å². The molecule has 0 saturated carbocycles. The second-order valence-corrected chi connectivity index (χ2v) is 16.9. The standard InChI is InChI=1S/C40H32N10O7S3/c1-23-17-24(2)19-30(18-23)46-47-40-37(27-5-7-28(8-6-27)43-26(4)51)35(22-42)39(58-40)48-49-50(31-11-15-33(16-12-31)60(55,56)57)36-20-25(3)34(21-41)38(45-36)44-29-9-13-32(14-10-29)59(52,53)54/h5-20H,1-4H3,(H,43,51)(H,44,45)(H,52,53,54)(H,55,56,57). The Labute approximate surface area is 348 Å². The van der Waals surface area contributed by atoms with Crippen molar-refractivity contribution in [3.05, 3.63) is 125 Å². The number of amides is 1. The number of hydrogen-bond acceptors (Lipinski definition) is 14. The number of nitrogens with zero attached hydrogens (tertiary/aromatic N) is 8. The molecule has 4 aromatic carbocycles. The summed E-state index contributed by atoms with van der Waals surface area (Å²) in [6.07, 6.45) is 0. The number of thiophene rings is 1. The number of nitriles is 2. The summed E-state index contributed by atoms with van der Waals surface area (Å²) in [5.41, 5.74) is 5.15. The summed E-state index contributed by atoms with van der Waals surface area (Å²) < 4.78 is 66.1. The number of hydrogen-bond donors (Lipinski definition) is 4. The first-order valence-electron chi connectivity index (χ1n) is 17.4. The molecule has 6 rings (SSSR count). The monoisotopic (exact) mass is 860 g/mol. The highest BCUT2D eigenvalue weighted by atomic mass is 32.2. The summed E-state index contributed by atoms with van der Waals surface area (Å²) in [5.74, 6) is -0.178. The van der Waals surface area contributed by atoms with E-state index in [1.54, 1.807) is 31.2 Å². The maximum Gasteiger partial charge on any atom is 0.294 e. The summed E-state index contributed by atoms with van der Waals surface area (Å²) in [4.78, 5) is 15.6. The number of aryl methyl sites for hydroxylation is 3. The highest BCUT2D eigenvalue weighted by molar-refractivity contribution is 7.86. The van der Waals surface area contributed by atoms with Crippen LogP contribution in [0.25, 0.3) is 11.1 Å². The van der Waals surface area contributed by atoms with Gasteiger partial charge in [0.15, 0.2) is 16.6 Å². The number of aromatic nitrogens is 1. The van der Waals surface area contributed by atoms with Gasteiger partial charge in [0.1, 0.15) is 22.7 Å². The minimum absolute atomic E-state index is 0.0229. The van der Waals surface area contributed by atoms with E-state index in [4.69, 9.17) is 0 Å².